The van der Waals surface area contributed by atoms with Gasteiger partial charge in [0.15, 0.2) is 0 Å². The van der Waals surface area contributed by atoms with Crippen LogP contribution >= 0.6 is 0 Å². The van der Waals surface area contributed by atoms with Gasteiger partial charge < -0.3 is 15.4 Å². The molecule has 0 radical (unpaired) electrons. The number of hydrogen-bond donors (Lipinski definition) is 2. The fourth-order valence-electron chi connectivity index (χ4n) is 4.97. The van der Waals surface area contributed by atoms with E-state index in [4.69, 9.17) is 4.74 Å². The Kier molecular flexibility index (Phi) is 5.62. The van der Waals surface area contributed by atoms with Crippen molar-refractivity contribution in [2.45, 2.75) is 82.9 Å². The first-order chi connectivity index (χ1) is 12.3. The van der Waals surface area contributed by atoms with Crippen molar-refractivity contribution >= 4 is 0 Å². The molecule has 1 aliphatic carbocycles. The van der Waals surface area contributed by atoms with E-state index < -0.39 is 0 Å². The van der Waals surface area contributed by atoms with Gasteiger partial charge in [-0.25, -0.2) is 0 Å². The SMILES string of the molecule is C[C@H]1CC(C2CCCCC2)Oc2ccc(CNC3CCNCC3)cc21. The van der Waals surface area contributed by atoms with Crippen molar-refractivity contribution in [2.75, 3.05) is 13.1 Å². The first-order valence-corrected chi connectivity index (χ1v) is 10.5. The predicted octanol–water partition coefficient (Wildman–Crippen LogP) is 4.36. The van der Waals surface area contributed by atoms with Crippen molar-refractivity contribution in [1.29, 1.82) is 0 Å². The van der Waals surface area contributed by atoms with Gasteiger partial charge in [0.2, 0.25) is 0 Å². The van der Waals surface area contributed by atoms with E-state index in [2.05, 4.69) is 35.8 Å². The van der Waals surface area contributed by atoms with Crippen molar-refractivity contribution in [3.8, 4) is 5.75 Å². The number of ether oxygens (including phenoxy) is 1. The summed E-state index contributed by atoms with van der Waals surface area (Å²) < 4.78 is 6.46. The van der Waals surface area contributed by atoms with E-state index in [1.165, 1.54) is 62.5 Å². The Morgan fingerprint density at radius 1 is 1.08 bits per heavy atom. The zero-order valence-electron chi connectivity index (χ0n) is 15.7. The van der Waals surface area contributed by atoms with Crippen LogP contribution in [0.15, 0.2) is 18.2 Å². The second-order valence-electron chi connectivity index (χ2n) is 8.47. The number of piperidine rings is 1. The van der Waals surface area contributed by atoms with Crippen LogP contribution in [0.2, 0.25) is 0 Å². The average molecular weight is 343 g/mol. The summed E-state index contributed by atoms with van der Waals surface area (Å²) in [5.74, 6) is 2.56. The quantitative estimate of drug-likeness (QED) is 0.853. The molecule has 1 saturated heterocycles. The zero-order valence-corrected chi connectivity index (χ0v) is 15.7. The molecule has 4 rings (SSSR count). The van der Waals surface area contributed by atoms with Crippen molar-refractivity contribution in [3.05, 3.63) is 29.3 Å². The maximum absolute atomic E-state index is 6.46. The molecule has 1 saturated carbocycles. The molecule has 25 heavy (non-hydrogen) atoms. The predicted molar refractivity (Wildman–Crippen MR) is 103 cm³/mol. The van der Waals surface area contributed by atoms with Gasteiger partial charge in [-0.15, -0.1) is 0 Å². The second kappa shape index (κ2) is 8.09. The van der Waals surface area contributed by atoms with E-state index in [0.717, 1.165) is 31.3 Å². The largest absolute Gasteiger partial charge is 0.490 e. The molecule has 2 N–H and O–H groups in total. The minimum Gasteiger partial charge on any atom is -0.490 e. The van der Waals surface area contributed by atoms with Crippen LogP contribution in [0.25, 0.3) is 0 Å². The van der Waals surface area contributed by atoms with Gasteiger partial charge in [0.05, 0.1) is 0 Å². The van der Waals surface area contributed by atoms with Crippen molar-refractivity contribution in [1.82, 2.24) is 10.6 Å². The molecule has 2 fully saturated rings. The Balaban J connectivity index is 1.39. The number of benzene rings is 1. The van der Waals surface area contributed by atoms with Gasteiger partial charge in [-0.1, -0.05) is 38.3 Å². The van der Waals surface area contributed by atoms with E-state index in [1.807, 2.05) is 0 Å². The maximum atomic E-state index is 6.46. The van der Waals surface area contributed by atoms with Crippen LogP contribution in [0.3, 0.4) is 0 Å². The highest BCUT2D eigenvalue weighted by Crippen LogP contribution is 2.41. The van der Waals surface area contributed by atoms with Crippen LogP contribution in [0.5, 0.6) is 5.75 Å². The van der Waals surface area contributed by atoms with Gasteiger partial charge in [0, 0.05) is 12.6 Å². The number of fused-ring (bicyclic) bond motifs is 1. The number of rotatable bonds is 4. The third-order valence-electron chi connectivity index (χ3n) is 6.58. The smallest absolute Gasteiger partial charge is 0.123 e. The summed E-state index contributed by atoms with van der Waals surface area (Å²) in [5, 5.41) is 7.17. The van der Waals surface area contributed by atoms with Gasteiger partial charge in [-0.3, -0.25) is 0 Å². The van der Waals surface area contributed by atoms with E-state index in [1.54, 1.807) is 0 Å². The third kappa shape index (κ3) is 4.20. The van der Waals surface area contributed by atoms with Gasteiger partial charge in [-0.05, 0) is 74.2 Å². The summed E-state index contributed by atoms with van der Waals surface area (Å²) in [6, 6.07) is 7.57. The van der Waals surface area contributed by atoms with Crippen LogP contribution in [-0.2, 0) is 6.54 Å². The Hall–Kier alpha value is -1.06. The van der Waals surface area contributed by atoms with Crippen LogP contribution in [0, 0.1) is 5.92 Å². The lowest BCUT2D eigenvalue weighted by Crippen LogP contribution is -2.39. The standard InChI is InChI=1S/C22H34N2O/c1-16-13-22(18-5-3-2-4-6-18)25-21-8-7-17(14-20(16)21)15-24-19-9-11-23-12-10-19/h7-8,14,16,18-19,22-24H,2-6,9-13,15H2,1H3/t16-,22?/m0/s1. The van der Waals surface area contributed by atoms with Gasteiger partial charge >= 0.3 is 0 Å². The molecular formula is C22H34N2O. The fraction of sp³-hybridized carbons (Fsp3) is 0.727. The molecule has 2 heterocycles. The molecule has 2 atom stereocenters. The van der Waals surface area contributed by atoms with Gasteiger partial charge in [0.25, 0.3) is 0 Å². The van der Waals surface area contributed by atoms with Crippen LogP contribution in [0.4, 0.5) is 0 Å². The van der Waals surface area contributed by atoms with E-state index in [-0.39, 0.29) is 0 Å². The topological polar surface area (TPSA) is 33.3 Å². The minimum absolute atomic E-state index is 0.446. The molecule has 3 nitrogen and oxygen atoms in total. The van der Waals surface area contributed by atoms with E-state index in [9.17, 15) is 0 Å². The average Bonchev–Trinajstić information content (AvgIpc) is 2.68. The van der Waals surface area contributed by atoms with Crippen LogP contribution < -0.4 is 15.4 Å². The van der Waals surface area contributed by atoms with Gasteiger partial charge in [0.1, 0.15) is 11.9 Å². The van der Waals surface area contributed by atoms with Crippen molar-refractivity contribution in [2.24, 2.45) is 5.92 Å². The summed E-state index contributed by atoms with van der Waals surface area (Å²) >= 11 is 0. The van der Waals surface area contributed by atoms with Crippen molar-refractivity contribution in [3.63, 3.8) is 0 Å². The van der Waals surface area contributed by atoms with E-state index in [0.29, 0.717) is 18.1 Å². The maximum Gasteiger partial charge on any atom is 0.123 e. The summed E-state index contributed by atoms with van der Waals surface area (Å²) in [4.78, 5) is 0. The van der Waals surface area contributed by atoms with Crippen LogP contribution in [-0.4, -0.2) is 25.2 Å². The Morgan fingerprint density at radius 3 is 2.68 bits per heavy atom. The fourth-order valence-corrected chi connectivity index (χ4v) is 4.97. The highest BCUT2D eigenvalue weighted by atomic mass is 16.5. The molecule has 0 bridgehead atoms. The highest BCUT2D eigenvalue weighted by molar-refractivity contribution is 5.41. The van der Waals surface area contributed by atoms with Gasteiger partial charge in [-0.2, -0.15) is 0 Å². The molecule has 3 aliphatic rings. The third-order valence-corrected chi connectivity index (χ3v) is 6.58. The molecule has 138 valence electrons. The normalized spacial score (nSPS) is 28.4. The summed E-state index contributed by atoms with van der Waals surface area (Å²) in [5.41, 5.74) is 2.83. The molecule has 0 aromatic heterocycles. The summed E-state index contributed by atoms with van der Waals surface area (Å²) in [7, 11) is 0. The Labute approximate surface area is 152 Å². The van der Waals surface area contributed by atoms with Crippen LogP contribution in [0.1, 0.15) is 75.3 Å². The highest BCUT2D eigenvalue weighted by Gasteiger charge is 2.32. The lowest BCUT2D eigenvalue weighted by atomic mass is 9.79. The second-order valence-corrected chi connectivity index (χ2v) is 8.47. The Morgan fingerprint density at radius 2 is 1.88 bits per heavy atom. The molecule has 2 aliphatic heterocycles. The molecule has 0 spiro atoms. The van der Waals surface area contributed by atoms with E-state index >= 15 is 0 Å². The molecule has 1 unspecified atom stereocenters. The summed E-state index contributed by atoms with van der Waals surface area (Å²) in [6.45, 7) is 5.67. The molecule has 1 aromatic rings. The first-order valence-electron chi connectivity index (χ1n) is 10.5. The zero-order chi connectivity index (χ0) is 17.1. The number of hydrogen-bond acceptors (Lipinski definition) is 3. The first kappa shape index (κ1) is 17.4. The molecule has 0 amide bonds. The molecule has 1 aromatic carbocycles. The monoisotopic (exact) mass is 342 g/mol. The lowest BCUT2D eigenvalue weighted by Gasteiger charge is -2.37. The Bertz CT molecular complexity index is 561. The molecule has 3 heteroatoms. The minimum atomic E-state index is 0.446. The van der Waals surface area contributed by atoms with Crippen molar-refractivity contribution < 1.29 is 4.74 Å². The number of nitrogens with one attached hydrogen (secondary N) is 2. The lowest BCUT2D eigenvalue weighted by molar-refractivity contribution is 0.0798. The summed E-state index contributed by atoms with van der Waals surface area (Å²) in [6.07, 6.45) is 11.1. The molecular weight excluding hydrogens is 308 g/mol.